The molecule has 150 valence electrons. The molecule has 0 saturated heterocycles. The monoisotopic (exact) mass is 376 g/mol. The second kappa shape index (κ2) is 10.3. The van der Waals surface area contributed by atoms with Gasteiger partial charge in [-0.1, -0.05) is 19.3 Å². The Bertz CT molecular complexity index is 610. The highest BCUT2D eigenvalue weighted by Gasteiger charge is 2.29. The number of anilines is 1. The molecule has 0 heterocycles. The van der Waals surface area contributed by atoms with Gasteiger partial charge in [0.05, 0.1) is 14.2 Å². The van der Waals surface area contributed by atoms with Gasteiger partial charge < -0.3 is 19.9 Å². The number of likely N-dealkylation sites (N-methyl/N-ethyl adjacent to an activating group) is 1. The van der Waals surface area contributed by atoms with Crippen LogP contribution in [0, 0.1) is 0 Å². The zero-order chi connectivity index (χ0) is 19.8. The zero-order valence-corrected chi connectivity index (χ0v) is 17.1. The van der Waals surface area contributed by atoms with Crippen LogP contribution in [0.5, 0.6) is 5.75 Å². The van der Waals surface area contributed by atoms with Gasteiger partial charge in [-0.15, -0.1) is 0 Å². The van der Waals surface area contributed by atoms with E-state index in [-0.39, 0.29) is 24.4 Å². The average Bonchev–Trinajstić information content (AvgIpc) is 2.62. The molecule has 1 aliphatic carbocycles. The largest absolute Gasteiger partial charge is 0.497 e. The van der Waals surface area contributed by atoms with Crippen molar-refractivity contribution in [3.8, 4) is 5.75 Å². The first-order valence-electron chi connectivity index (χ1n) is 9.97. The van der Waals surface area contributed by atoms with Gasteiger partial charge in [-0.2, -0.15) is 0 Å². The van der Waals surface area contributed by atoms with Crippen LogP contribution in [0.1, 0.15) is 46.0 Å². The minimum atomic E-state index is -0.0979. The van der Waals surface area contributed by atoms with Crippen LogP contribution in [0.15, 0.2) is 24.3 Å². The topological polar surface area (TPSA) is 63.1 Å². The molecule has 0 aromatic heterocycles. The standard InChI is InChI=1S/C21H33N3O3/c1-16(2)24(18-8-6-5-7-9-18)21(26)15-23(3)14-20(25)22-17-10-12-19(27-4)13-11-17/h10-13,16,18H,5-9,14-15H2,1-4H3,(H,22,25)/p+1. The summed E-state index contributed by atoms with van der Waals surface area (Å²) in [4.78, 5) is 28.1. The first-order chi connectivity index (χ1) is 12.9. The molecule has 1 unspecified atom stereocenters. The van der Waals surface area contributed by atoms with E-state index >= 15 is 0 Å². The Labute approximate surface area is 162 Å². The van der Waals surface area contributed by atoms with E-state index in [1.165, 1.54) is 19.3 Å². The van der Waals surface area contributed by atoms with Crippen molar-refractivity contribution < 1.29 is 19.2 Å². The molecule has 2 N–H and O–H groups in total. The molecule has 27 heavy (non-hydrogen) atoms. The molecule has 6 heteroatoms. The van der Waals surface area contributed by atoms with E-state index in [9.17, 15) is 9.59 Å². The molecular weight excluding hydrogens is 342 g/mol. The maximum Gasteiger partial charge on any atom is 0.279 e. The van der Waals surface area contributed by atoms with Crippen LogP contribution in [0.25, 0.3) is 0 Å². The van der Waals surface area contributed by atoms with Crippen molar-refractivity contribution in [1.29, 1.82) is 0 Å². The van der Waals surface area contributed by atoms with Gasteiger partial charge in [-0.05, 0) is 51.0 Å². The minimum Gasteiger partial charge on any atom is -0.497 e. The summed E-state index contributed by atoms with van der Waals surface area (Å²) < 4.78 is 5.12. The Balaban J connectivity index is 1.85. The van der Waals surface area contributed by atoms with E-state index in [4.69, 9.17) is 4.74 Å². The smallest absolute Gasteiger partial charge is 0.279 e. The van der Waals surface area contributed by atoms with E-state index in [0.717, 1.165) is 29.2 Å². The molecule has 1 aromatic carbocycles. The Morgan fingerprint density at radius 1 is 1.15 bits per heavy atom. The average molecular weight is 377 g/mol. The molecule has 0 aliphatic heterocycles. The summed E-state index contributed by atoms with van der Waals surface area (Å²) in [6.07, 6.45) is 5.87. The molecule has 0 bridgehead atoms. The first-order valence-corrected chi connectivity index (χ1v) is 9.97. The number of nitrogens with one attached hydrogen (secondary N) is 2. The van der Waals surface area contributed by atoms with Crippen molar-refractivity contribution in [2.24, 2.45) is 0 Å². The fourth-order valence-corrected chi connectivity index (χ4v) is 3.84. The highest BCUT2D eigenvalue weighted by Crippen LogP contribution is 2.24. The molecule has 2 rings (SSSR count). The number of nitrogens with zero attached hydrogens (tertiary/aromatic N) is 1. The van der Waals surface area contributed by atoms with E-state index in [1.807, 2.05) is 11.9 Å². The molecule has 1 saturated carbocycles. The first kappa shape index (κ1) is 21.2. The van der Waals surface area contributed by atoms with Gasteiger partial charge in [0.25, 0.3) is 11.8 Å². The highest BCUT2D eigenvalue weighted by molar-refractivity contribution is 5.91. The molecule has 1 fully saturated rings. The quantitative estimate of drug-likeness (QED) is 0.726. The lowest BCUT2D eigenvalue weighted by atomic mass is 9.93. The van der Waals surface area contributed by atoms with Gasteiger partial charge in [0, 0.05) is 17.8 Å². The Kier molecular flexibility index (Phi) is 8.10. The summed E-state index contributed by atoms with van der Waals surface area (Å²) >= 11 is 0. The summed E-state index contributed by atoms with van der Waals surface area (Å²) in [5.41, 5.74) is 0.728. The number of carbonyl (C=O) groups excluding carboxylic acids is 2. The maximum absolute atomic E-state index is 12.9. The molecule has 1 aliphatic rings. The van der Waals surface area contributed by atoms with E-state index in [2.05, 4.69) is 19.2 Å². The lowest BCUT2D eigenvalue weighted by Gasteiger charge is -2.37. The second-order valence-electron chi connectivity index (χ2n) is 7.77. The van der Waals surface area contributed by atoms with Gasteiger partial charge in [-0.3, -0.25) is 9.59 Å². The van der Waals surface area contributed by atoms with Gasteiger partial charge in [0.15, 0.2) is 13.1 Å². The van der Waals surface area contributed by atoms with Crippen LogP contribution in [0.2, 0.25) is 0 Å². The minimum absolute atomic E-state index is 0.0979. The van der Waals surface area contributed by atoms with Crippen LogP contribution in [-0.2, 0) is 9.59 Å². The van der Waals surface area contributed by atoms with Crippen molar-refractivity contribution in [2.75, 3.05) is 32.6 Å². The summed E-state index contributed by atoms with van der Waals surface area (Å²) in [6.45, 7) is 4.76. The number of quaternary nitrogens is 1. The summed E-state index contributed by atoms with van der Waals surface area (Å²) in [5, 5.41) is 2.87. The number of hydrogen-bond donors (Lipinski definition) is 2. The predicted molar refractivity (Wildman–Crippen MR) is 107 cm³/mol. The number of rotatable bonds is 8. The van der Waals surface area contributed by atoms with E-state index < -0.39 is 0 Å². The predicted octanol–water partition coefficient (Wildman–Crippen LogP) is 1.72. The lowest BCUT2D eigenvalue weighted by molar-refractivity contribution is -0.862. The summed E-state index contributed by atoms with van der Waals surface area (Å²) in [7, 11) is 3.50. The molecular formula is C21H34N3O3+. The van der Waals surface area contributed by atoms with Crippen LogP contribution in [-0.4, -0.2) is 56.0 Å². The summed E-state index contributed by atoms with van der Waals surface area (Å²) in [6, 6.07) is 7.77. The molecule has 1 aromatic rings. The molecule has 2 amide bonds. The fourth-order valence-electron chi connectivity index (χ4n) is 3.84. The van der Waals surface area contributed by atoms with Gasteiger partial charge in [0.2, 0.25) is 0 Å². The molecule has 0 spiro atoms. The number of methoxy groups -OCH3 is 1. The third kappa shape index (κ3) is 6.54. The molecule has 1 atom stereocenters. The van der Waals surface area contributed by atoms with Crippen LogP contribution < -0.4 is 15.0 Å². The Morgan fingerprint density at radius 2 is 1.78 bits per heavy atom. The van der Waals surface area contributed by atoms with Crippen LogP contribution in [0.4, 0.5) is 5.69 Å². The maximum atomic E-state index is 12.9. The number of hydrogen-bond acceptors (Lipinski definition) is 3. The number of benzene rings is 1. The Hall–Kier alpha value is -2.08. The van der Waals surface area contributed by atoms with Crippen LogP contribution in [0.3, 0.4) is 0 Å². The van der Waals surface area contributed by atoms with Gasteiger partial charge in [0.1, 0.15) is 5.75 Å². The van der Waals surface area contributed by atoms with Crippen molar-refractivity contribution in [2.45, 2.75) is 58.0 Å². The third-order valence-electron chi connectivity index (χ3n) is 5.10. The van der Waals surface area contributed by atoms with Crippen molar-refractivity contribution in [3.05, 3.63) is 24.3 Å². The second-order valence-corrected chi connectivity index (χ2v) is 7.77. The van der Waals surface area contributed by atoms with Crippen molar-refractivity contribution in [1.82, 2.24) is 4.90 Å². The number of ether oxygens (including phenoxy) is 1. The molecule has 0 radical (unpaired) electrons. The summed E-state index contributed by atoms with van der Waals surface area (Å²) in [5.74, 6) is 0.795. The van der Waals surface area contributed by atoms with E-state index in [0.29, 0.717) is 12.6 Å². The fraction of sp³-hybridized carbons (Fsp3) is 0.619. The Morgan fingerprint density at radius 3 is 2.33 bits per heavy atom. The number of carbonyl (C=O) groups is 2. The highest BCUT2D eigenvalue weighted by atomic mass is 16.5. The van der Waals surface area contributed by atoms with Crippen molar-refractivity contribution in [3.63, 3.8) is 0 Å². The van der Waals surface area contributed by atoms with Crippen molar-refractivity contribution >= 4 is 17.5 Å². The zero-order valence-electron chi connectivity index (χ0n) is 17.1. The lowest BCUT2D eigenvalue weighted by Crippen LogP contribution is -3.11. The van der Waals surface area contributed by atoms with Crippen LogP contribution >= 0.6 is 0 Å². The van der Waals surface area contributed by atoms with Gasteiger partial charge in [-0.25, -0.2) is 0 Å². The SMILES string of the molecule is COc1ccc(NC(=O)C[NH+](C)CC(=O)N(C(C)C)C2CCCCC2)cc1. The number of amides is 2. The third-order valence-corrected chi connectivity index (χ3v) is 5.10. The van der Waals surface area contributed by atoms with Gasteiger partial charge >= 0.3 is 0 Å². The van der Waals surface area contributed by atoms with E-state index in [1.54, 1.807) is 31.4 Å². The normalized spacial score (nSPS) is 16.0. The molecule has 6 nitrogen and oxygen atoms in total.